The Morgan fingerprint density at radius 1 is 1.04 bits per heavy atom. The number of pyridine rings is 1. The summed E-state index contributed by atoms with van der Waals surface area (Å²) in [6, 6.07) is 4.27. The van der Waals surface area contributed by atoms with Gasteiger partial charge in [0.1, 0.15) is 5.82 Å². The van der Waals surface area contributed by atoms with Crippen LogP contribution in [0.2, 0.25) is 10.0 Å². The molecule has 1 aromatic carbocycles. The van der Waals surface area contributed by atoms with Crippen molar-refractivity contribution in [1.82, 2.24) is 9.88 Å². The summed E-state index contributed by atoms with van der Waals surface area (Å²) in [4.78, 5) is 19.8. The van der Waals surface area contributed by atoms with Crippen molar-refractivity contribution >= 4 is 34.8 Å². The fraction of sp³-hybridized carbons (Fsp3) is 0.333. The first kappa shape index (κ1) is 18.9. The van der Waals surface area contributed by atoms with Crippen LogP contribution >= 0.6 is 23.2 Å². The molecule has 138 valence electrons. The van der Waals surface area contributed by atoms with Crippen molar-refractivity contribution in [3.63, 3.8) is 0 Å². The van der Waals surface area contributed by atoms with Gasteiger partial charge in [0.05, 0.1) is 28.4 Å². The number of hydrogen-bond acceptors (Lipinski definition) is 3. The van der Waals surface area contributed by atoms with Crippen LogP contribution in [0.4, 0.5) is 14.5 Å². The van der Waals surface area contributed by atoms with Crippen LogP contribution in [0.3, 0.4) is 0 Å². The van der Waals surface area contributed by atoms with E-state index in [1.54, 1.807) is 11.0 Å². The van der Waals surface area contributed by atoms with Gasteiger partial charge in [0.25, 0.3) is 0 Å². The molecular formula is C18H17Cl2F2N3O. The molecule has 1 aromatic heterocycles. The maximum Gasteiger partial charge on any atom is 0.227 e. The molecule has 0 saturated carbocycles. The van der Waals surface area contributed by atoms with E-state index in [1.165, 1.54) is 18.3 Å². The number of carbonyl (C=O) groups is 1. The zero-order valence-electron chi connectivity index (χ0n) is 13.9. The number of aromatic nitrogens is 1. The molecule has 0 spiro atoms. The molecule has 1 saturated heterocycles. The van der Waals surface area contributed by atoms with Gasteiger partial charge >= 0.3 is 0 Å². The van der Waals surface area contributed by atoms with Crippen molar-refractivity contribution in [1.29, 1.82) is 0 Å². The van der Waals surface area contributed by atoms with Crippen LogP contribution < -0.4 is 4.90 Å². The minimum atomic E-state index is -0.510. The van der Waals surface area contributed by atoms with Gasteiger partial charge in [0, 0.05) is 32.4 Å². The molecule has 1 aliphatic rings. The standard InChI is InChI=1S/C18H17Cl2F2N3O/c19-13-8-12(2-3-15(13)21)9-17(26)24-4-1-5-25(7-6-24)18-14(20)10-23-11-16(18)22/h2-3,8,10-11H,1,4-7,9H2. The van der Waals surface area contributed by atoms with Crippen LogP contribution in [0.5, 0.6) is 0 Å². The third-order valence-electron chi connectivity index (χ3n) is 4.33. The van der Waals surface area contributed by atoms with Gasteiger partial charge in [-0.05, 0) is 24.1 Å². The predicted molar refractivity (Wildman–Crippen MR) is 97.7 cm³/mol. The lowest BCUT2D eigenvalue weighted by Crippen LogP contribution is -2.36. The number of rotatable bonds is 3. The molecular weight excluding hydrogens is 383 g/mol. The highest BCUT2D eigenvalue weighted by Gasteiger charge is 2.22. The van der Waals surface area contributed by atoms with Crippen LogP contribution in [0, 0.1) is 11.6 Å². The van der Waals surface area contributed by atoms with E-state index in [9.17, 15) is 13.6 Å². The molecule has 2 aromatic rings. The van der Waals surface area contributed by atoms with Crippen LogP contribution in [-0.2, 0) is 11.2 Å². The second-order valence-electron chi connectivity index (χ2n) is 6.10. The average molecular weight is 400 g/mol. The molecule has 3 rings (SSSR count). The molecule has 0 atom stereocenters. The third-order valence-corrected chi connectivity index (χ3v) is 4.90. The Morgan fingerprint density at radius 3 is 2.58 bits per heavy atom. The van der Waals surface area contributed by atoms with Gasteiger partial charge in [-0.3, -0.25) is 9.78 Å². The minimum absolute atomic E-state index is 0.000135. The number of halogens is 4. The smallest absolute Gasteiger partial charge is 0.227 e. The molecule has 1 aliphatic heterocycles. The van der Waals surface area contributed by atoms with E-state index < -0.39 is 11.6 Å². The van der Waals surface area contributed by atoms with Gasteiger partial charge in [-0.15, -0.1) is 0 Å². The van der Waals surface area contributed by atoms with Gasteiger partial charge in [0.2, 0.25) is 5.91 Å². The molecule has 1 amide bonds. The molecule has 0 bridgehead atoms. The Labute approximate surface area is 160 Å². The van der Waals surface area contributed by atoms with Crippen molar-refractivity contribution in [3.8, 4) is 0 Å². The van der Waals surface area contributed by atoms with E-state index in [0.717, 1.165) is 6.20 Å². The van der Waals surface area contributed by atoms with Crippen molar-refractivity contribution < 1.29 is 13.6 Å². The van der Waals surface area contributed by atoms with Gasteiger partial charge in [-0.1, -0.05) is 29.3 Å². The highest BCUT2D eigenvalue weighted by atomic mass is 35.5. The second kappa shape index (κ2) is 8.18. The average Bonchev–Trinajstić information content (AvgIpc) is 2.84. The second-order valence-corrected chi connectivity index (χ2v) is 6.91. The van der Waals surface area contributed by atoms with E-state index >= 15 is 0 Å². The Kier molecular flexibility index (Phi) is 5.94. The summed E-state index contributed by atoms with van der Waals surface area (Å²) < 4.78 is 27.3. The Morgan fingerprint density at radius 2 is 1.85 bits per heavy atom. The summed E-state index contributed by atoms with van der Waals surface area (Å²) >= 11 is 11.8. The summed E-state index contributed by atoms with van der Waals surface area (Å²) in [5.41, 5.74) is 0.979. The van der Waals surface area contributed by atoms with Crippen molar-refractivity contribution in [2.24, 2.45) is 0 Å². The summed E-state index contributed by atoms with van der Waals surface area (Å²) in [6.45, 7) is 2.07. The first-order chi connectivity index (χ1) is 12.5. The molecule has 8 heteroatoms. The summed E-state index contributed by atoms with van der Waals surface area (Å²) in [7, 11) is 0. The first-order valence-electron chi connectivity index (χ1n) is 8.21. The molecule has 1 fully saturated rings. The van der Waals surface area contributed by atoms with E-state index in [4.69, 9.17) is 23.2 Å². The fourth-order valence-electron chi connectivity index (χ4n) is 3.03. The topological polar surface area (TPSA) is 36.4 Å². The number of nitrogens with zero attached hydrogens (tertiary/aromatic N) is 3. The molecule has 0 unspecified atom stereocenters. The van der Waals surface area contributed by atoms with Gasteiger partial charge in [0.15, 0.2) is 5.82 Å². The summed E-state index contributed by atoms with van der Waals surface area (Å²) in [5, 5.41) is 0.255. The molecule has 0 N–H and O–H groups in total. The predicted octanol–water partition coefficient (Wildman–Crippen LogP) is 3.95. The van der Waals surface area contributed by atoms with Crippen LogP contribution in [0.25, 0.3) is 0 Å². The van der Waals surface area contributed by atoms with Crippen molar-refractivity contribution in [2.45, 2.75) is 12.8 Å². The normalized spacial score (nSPS) is 15.1. The lowest BCUT2D eigenvalue weighted by atomic mass is 10.1. The van der Waals surface area contributed by atoms with Gasteiger partial charge in [-0.2, -0.15) is 0 Å². The van der Waals surface area contributed by atoms with Crippen molar-refractivity contribution in [2.75, 3.05) is 31.1 Å². The summed E-state index contributed by atoms with van der Waals surface area (Å²) in [6.07, 6.45) is 3.37. The third kappa shape index (κ3) is 4.24. The molecule has 0 radical (unpaired) electrons. The molecule has 26 heavy (non-hydrogen) atoms. The van der Waals surface area contributed by atoms with E-state index in [0.29, 0.717) is 43.9 Å². The highest BCUT2D eigenvalue weighted by Crippen LogP contribution is 2.28. The van der Waals surface area contributed by atoms with E-state index in [1.807, 2.05) is 4.90 Å². The largest absolute Gasteiger partial charge is 0.366 e. The van der Waals surface area contributed by atoms with Crippen LogP contribution in [0.1, 0.15) is 12.0 Å². The molecule has 2 heterocycles. The van der Waals surface area contributed by atoms with E-state index in [2.05, 4.69) is 4.98 Å². The zero-order valence-corrected chi connectivity index (χ0v) is 15.4. The SMILES string of the molecule is O=C(Cc1ccc(F)c(Cl)c1)N1CCCN(c2c(F)cncc2Cl)CC1. The Hall–Kier alpha value is -1.92. The monoisotopic (exact) mass is 399 g/mol. The van der Waals surface area contributed by atoms with Crippen LogP contribution in [0.15, 0.2) is 30.6 Å². The number of benzene rings is 1. The molecule has 4 nitrogen and oxygen atoms in total. The van der Waals surface area contributed by atoms with Crippen molar-refractivity contribution in [3.05, 3.63) is 57.8 Å². The minimum Gasteiger partial charge on any atom is -0.366 e. The highest BCUT2D eigenvalue weighted by molar-refractivity contribution is 6.33. The Bertz CT molecular complexity index is 799. The maximum absolute atomic E-state index is 14.1. The summed E-state index contributed by atoms with van der Waals surface area (Å²) in [5.74, 6) is -1.06. The van der Waals surface area contributed by atoms with Gasteiger partial charge in [-0.25, -0.2) is 8.78 Å². The zero-order chi connectivity index (χ0) is 18.7. The number of carbonyl (C=O) groups excluding carboxylic acids is 1. The molecule has 0 aliphatic carbocycles. The van der Waals surface area contributed by atoms with Crippen LogP contribution in [-0.4, -0.2) is 42.0 Å². The number of hydrogen-bond donors (Lipinski definition) is 0. The van der Waals surface area contributed by atoms with E-state index in [-0.39, 0.29) is 22.4 Å². The quantitative estimate of drug-likeness (QED) is 0.783. The first-order valence-corrected chi connectivity index (χ1v) is 8.97. The lowest BCUT2D eigenvalue weighted by Gasteiger charge is -2.24. The number of amides is 1. The lowest BCUT2D eigenvalue weighted by molar-refractivity contribution is -0.130. The number of anilines is 1. The maximum atomic E-state index is 14.1. The fourth-order valence-corrected chi connectivity index (χ4v) is 3.50. The Balaban J connectivity index is 1.66. The van der Waals surface area contributed by atoms with Gasteiger partial charge < -0.3 is 9.80 Å².